The van der Waals surface area contributed by atoms with Crippen molar-refractivity contribution in [2.24, 2.45) is 0 Å². The molecule has 2 amide bonds. The third-order valence-electron chi connectivity index (χ3n) is 5.31. The molecular formula is C19H25F2N3O3. The van der Waals surface area contributed by atoms with Gasteiger partial charge in [-0.05, 0) is 19.3 Å². The first-order valence-electron chi connectivity index (χ1n) is 9.46. The predicted octanol–water partition coefficient (Wildman–Crippen LogP) is 2.38. The number of carbonyl (C=O) groups excluding carboxylic acids is 2. The maximum absolute atomic E-state index is 13.9. The molecule has 148 valence electrons. The van der Waals surface area contributed by atoms with Crippen LogP contribution in [0.5, 0.6) is 0 Å². The molecule has 0 bridgehead atoms. The molecule has 0 aromatic carbocycles. The lowest BCUT2D eigenvalue weighted by atomic mass is 9.90. The SMILES string of the molecule is CCCCN1CC2(CCN(C(=O)c3ncc(F)cc3F)CC2)OCCC1=O. The summed E-state index contributed by atoms with van der Waals surface area (Å²) in [7, 11) is 0. The number of hydrogen-bond acceptors (Lipinski definition) is 4. The Morgan fingerprint density at radius 2 is 2.07 bits per heavy atom. The molecule has 3 heterocycles. The molecule has 2 fully saturated rings. The molecule has 0 saturated carbocycles. The number of nitrogens with zero attached hydrogens (tertiary/aromatic N) is 3. The van der Waals surface area contributed by atoms with Gasteiger partial charge in [0.2, 0.25) is 5.91 Å². The van der Waals surface area contributed by atoms with Crippen LogP contribution in [0.2, 0.25) is 0 Å². The van der Waals surface area contributed by atoms with E-state index in [1.54, 1.807) is 0 Å². The number of carbonyl (C=O) groups is 2. The molecule has 1 spiro atoms. The lowest BCUT2D eigenvalue weighted by Gasteiger charge is -2.42. The minimum atomic E-state index is -0.956. The fourth-order valence-electron chi connectivity index (χ4n) is 3.69. The van der Waals surface area contributed by atoms with Crippen molar-refractivity contribution in [3.8, 4) is 0 Å². The van der Waals surface area contributed by atoms with Crippen molar-refractivity contribution >= 4 is 11.8 Å². The van der Waals surface area contributed by atoms with Gasteiger partial charge in [-0.25, -0.2) is 13.8 Å². The summed E-state index contributed by atoms with van der Waals surface area (Å²) in [5, 5.41) is 0. The summed E-state index contributed by atoms with van der Waals surface area (Å²) < 4.78 is 32.9. The van der Waals surface area contributed by atoms with Crippen molar-refractivity contribution < 1.29 is 23.1 Å². The number of halogens is 2. The molecule has 0 unspecified atom stereocenters. The standard InChI is InChI=1S/C19H25F2N3O3/c1-2-3-7-24-13-19(27-10-4-16(24)25)5-8-23(9-6-19)18(26)17-15(21)11-14(20)12-22-17/h11-12H,2-10,13H2,1H3. The maximum Gasteiger partial charge on any atom is 0.275 e. The van der Waals surface area contributed by atoms with Gasteiger partial charge < -0.3 is 14.5 Å². The van der Waals surface area contributed by atoms with Crippen molar-refractivity contribution in [1.82, 2.24) is 14.8 Å². The predicted molar refractivity (Wildman–Crippen MR) is 94.1 cm³/mol. The number of hydrogen-bond donors (Lipinski definition) is 0. The zero-order valence-corrected chi connectivity index (χ0v) is 15.5. The zero-order chi connectivity index (χ0) is 19.4. The van der Waals surface area contributed by atoms with Gasteiger partial charge in [-0.3, -0.25) is 9.59 Å². The first kappa shape index (κ1) is 19.7. The molecule has 1 aromatic heterocycles. The van der Waals surface area contributed by atoms with Crippen LogP contribution in [0.25, 0.3) is 0 Å². The van der Waals surface area contributed by atoms with E-state index in [1.807, 2.05) is 4.90 Å². The van der Waals surface area contributed by atoms with Crippen LogP contribution in [0.3, 0.4) is 0 Å². The van der Waals surface area contributed by atoms with E-state index in [4.69, 9.17) is 4.74 Å². The fraction of sp³-hybridized carbons (Fsp3) is 0.632. The van der Waals surface area contributed by atoms with Crippen molar-refractivity contribution in [2.75, 3.05) is 32.8 Å². The molecular weight excluding hydrogens is 356 g/mol. The lowest BCUT2D eigenvalue weighted by molar-refractivity contribution is -0.131. The highest BCUT2D eigenvalue weighted by molar-refractivity contribution is 5.92. The Balaban J connectivity index is 1.66. The Hall–Kier alpha value is -2.09. The van der Waals surface area contributed by atoms with Gasteiger partial charge in [0.05, 0.1) is 24.8 Å². The Bertz CT molecular complexity index is 705. The molecule has 2 aliphatic heterocycles. The average molecular weight is 381 g/mol. The minimum absolute atomic E-state index is 0.108. The summed E-state index contributed by atoms with van der Waals surface area (Å²) in [5.74, 6) is -2.21. The molecule has 8 heteroatoms. The van der Waals surface area contributed by atoms with Crippen molar-refractivity contribution in [3.63, 3.8) is 0 Å². The summed E-state index contributed by atoms with van der Waals surface area (Å²) in [4.78, 5) is 31.8. The van der Waals surface area contributed by atoms with E-state index in [0.717, 1.165) is 19.0 Å². The maximum atomic E-state index is 13.9. The highest BCUT2D eigenvalue weighted by Gasteiger charge is 2.41. The fourth-order valence-corrected chi connectivity index (χ4v) is 3.69. The number of ether oxygens (including phenoxy) is 1. The number of amides is 2. The Morgan fingerprint density at radius 3 is 2.74 bits per heavy atom. The zero-order valence-electron chi connectivity index (χ0n) is 15.5. The van der Waals surface area contributed by atoms with Gasteiger partial charge in [-0.1, -0.05) is 13.3 Å². The molecule has 2 aliphatic rings. The molecule has 1 aromatic rings. The van der Waals surface area contributed by atoms with E-state index < -0.39 is 23.1 Å². The van der Waals surface area contributed by atoms with Gasteiger partial charge >= 0.3 is 0 Å². The topological polar surface area (TPSA) is 62.7 Å². The highest BCUT2D eigenvalue weighted by Crippen LogP contribution is 2.31. The lowest BCUT2D eigenvalue weighted by Crippen LogP contribution is -2.53. The van der Waals surface area contributed by atoms with Crippen LogP contribution in [0.4, 0.5) is 8.78 Å². The van der Waals surface area contributed by atoms with Gasteiger partial charge in [0.1, 0.15) is 5.82 Å². The number of pyridine rings is 1. The summed E-state index contributed by atoms with van der Waals surface area (Å²) in [6, 6.07) is 0.664. The summed E-state index contributed by atoms with van der Waals surface area (Å²) >= 11 is 0. The highest BCUT2D eigenvalue weighted by atomic mass is 19.1. The summed E-state index contributed by atoms with van der Waals surface area (Å²) in [6.45, 7) is 4.47. The second-order valence-corrected chi connectivity index (χ2v) is 7.23. The van der Waals surface area contributed by atoms with E-state index in [0.29, 0.717) is 58.1 Å². The van der Waals surface area contributed by atoms with Gasteiger partial charge in [0.15, 0.2) is 11.5 Å². The second kappa shape index (κ2) is 8.29. The van der Waals surface area contributed by atoms with Gasteiger partial charge in [0, 0.05) is 32.2 Å². The van der Waals surface area contributed by atoms with Crippen LogP contribution in [0, 0.1) is 11.6 Å². The van der Waals surface area contributed by atoms with Crippen LogP contribution in [0.15, 0.2) is 12.3 Å². The third kappa shape index (κ3) is 4.43. The Labute approximate surface area is 157 Å². The van der Waals surface area contributed by atoms with Crippen LogP contribution in [0.1, 0.15) is 49.5 Å². The van der Waals surface area contributed by atoms with E-state index >= 15 is 0 Å². The first-order chi connectivity index (χ1) is 12.9. The number of likely N-dealkylation sites (tertiary alicyclic amines) is 1. The number of rotatable bonds is 4. The molecule has 6 nitrogen and oxygen atoms in total. The minimum Gasteiger partial charge on any atom is -0.372 e. The van der Waals surface area contributed by atoms with Crippen LogP contribution in [-0.2, 0) is 9.53 Å². The second-order valence-electron chi connectivity index (χ2n) is 7.23. The molecule has 27 heavy (non-hydrogen) atoms. The molecule has 0 aliphatic carbocycles. The summed E-state index contributed by atoms with van der Waals surface area (Å²) in [6.07, 6.45) is 4.30. The monoisotopic (exact) mass is 381 g/mol. The Kier molecular flexibility index (Phi) is 6.04. The molecule has 2 saturated heterocycles. The number of aromatic nitrogens is 1. The normalized spacial score (nSPS) is 20.0. The number of piperidine rings is 1. The molecule has 0 N–H and O–H groups in total. The van der Waals surface area contributed by atoms with E-state index in [-0.39, 0.29) is 11.6 Å². The van der Waals surface area contributed by atoms with E-state index in [9.17, 15) is 18.4 Å². The molecule has 3 rings (SSSR count). The van der Waals surface area contributed by atoms with Crippen molar-refractivity contribution in [3.05, 3.63) is 29.6 Å². The molecule has 0 radical (unpaired) electrons. The van der Waals surface area contributed by atoms with Gasteiger partial charge in [-0.2, -0.15) is 0 Å². The van der Waals surface area contributed by atoms with Crippen molar-refractivity contribution in [2.45, 2.75) is 44.6 Å². The third-order valence-corrected chi connectivity index (χ3v) is 5.31. The van der Waals surface area contributed by atoms with Gasteiger partial charge in [-0.15, -0.1) is 0 Å². The quantitative estimate of drug-likeness (QED) is 0.803. The van der Waals surface area contributed by atoms with E-state index in [2.05, 4.69) is 11.9 Å². The first-order valence-corrected chi connectivity index (χ1v) is 9.46. The van der Waals surface area contributed by atoms with E-state index in [1.165, 1.54) is 4.90 Å². The van der Waals surface area contributed by atoms with Crippen molar-refractivity contribution in [1.29, 1.82) is 0 Å². The Morgan fingerprint density at radius 1 is 1.33 bits per heavy atom. The summed E-state index contributed by atoms with van der Waals surface area (Å²) in [5.41, 5.74) is -0.834. The van der Waals surface area contributed by atoms with Crippen LogP contribution in [-0.4, -0.2) is 65.0 Å². The van der Waals surface area contributed by atoms with Crippen LogP contribution < -0.4 is 0 Å². The number of unbranched alkanes of at least 4 members (excludes halogenated alkanes) is 1. The van der Waals surface area contributed by atoms with Crippen LogP contribution >= 0.6 is 0 Å². The smallest absolute Gasteiger partial charge is 0.275 e. The van der Waals surface area contributed by atoms with Gasteiger partial charge in [0.25, 0.3) is 5.91 Å². The average Bonchev–Trinajstić information content (AvgIpc) is 2.79. The largest absolute Gasteiger partial charge is 0.372 e. The molecule has 0 atom stereocenters.